The van der Waals surface area contributed by atoms with Crippen LogP contribution in [0.3, 0.4) is 0 Å². The lowest BCUT2D eigenvalue weighted by Crippen LogP contribution is -2.20. The zero-order valence-electron chi connectivity index (χ0n) is 12.9. The van der Waals surface area contributed by atoms with Gasteiger partial charge < -0.3 is 15.2 Å². The molecular formula is C16H13N5O4. The van der Waals surface area contributed by atoms with Gasteiger partial charge in [0.15, 0.2) is 6.61 Å². The first-order chi connectivity index (χ1) is 12.1. The molecule has 0 atom stereocenters. The lowest BCUT2D eigenvalue weighted by Gasteiger charge is -2.09. The largest absolute Gasteiger partial charge is 0.484 e. The van der Waals surface area contributed by atoms with Crippen LogP contribution in [0.5, 0.6) is 5.75 Å². The topological polar surface area (TPSA) is 119 Å². The van der Waals surface area contributed by atoms with E-state index in [1.54, 1.807) is 36.4 Å². The second-order valence-electron chi connectivity index (χ2n) is 4.97. The summed E-state index contributed by atoms with van der Waals surface area (Å²) in [6.07, 6.45) is 1.45. The number of carbonyl (C=O) groups is 2. The summed E-state index contributed by atoms with van der Waals surface area (Å²) < 4.78 is 6.91. The first kappa shape index (κ1) is 16.1. The Hall–Kier alpha value is -3.75. The molecule has 0 unspecified atom stereocenters. The van der Waals surface area contributed by atoms with Gasteiger partial charge in [-0.1, -0.05) is 12.1 Å². The molecule has 0 spiro atoms. The molecule has 0 bridgehead atoms. The molecule has 9 heteroatoms. The van der Waals surface area contributed by atoms with Crippen LogP contribution in [-0.2, 0) is 4.79 Å². The zero-order valence-corrected chi connectivity index (χ0v) is 12.9. The molecule has 2 N–H and O–H groups in total. The van der Waals surface area contributed by atoms with Crippen molar-refractivity contribution in [3.63, 3.8) is 0 Å². The van der Waals surface area contributed by atoms with Gasteiger partial charge in [0.25, 0.3) is 5.91 Å². The highest BCUT2D eigenvalue weighted by atomic mass is 16.5. The van der Waals surface area contributed by atoms with E-state index in [9.17, 15) is 9.59 Å². The Bertz CT molecular complexity index is 895. The smallest absolute Gasteiger partial charge is 0.335 e. The molecule has 1 amide bonds. The fourth-order valence-electron chi connectivity index (χ4n) is 2.07. The number of carboxylic acid groups (broad SMARTS) is 1. The van der Waals surface area contributed by atoms with Crippen molar-refractivity contribution in [2.24, 2.45) is 0 Å². The Morgan fingerprint density at radius 3 is 2.76 bits per heavy atom. The number of rotatable bonds is 6. The quantitative estimate of drug-likeness (QED) is 0.696. The van der Waals surface area contributed by atoms with Gasteiger partial charge in [0, 0.05) is 11.8 Å². The van der Waals surface area contributed by atoms with Crippen LogP contribution in [0.1, 0.15) is 10.4 Å². The average Bonchev–Trinajstić information content (AvgIpc) is 3.15. The summed E-state index contributed by atoms with van der Waals surface area (Å²) in [4.78, 5) is 22.9. The minimum Gasteiger partial charge on any atom is -0.484 e. The Kier molecular flexibility index (Phi) is 4.65. The number of hydrogen-bond donors (Lipinski definition) is 2. The van der Waals surface area contributed by atoms with Gasteiger partial charge in [-0.05, 0) is 40.8 Å². The maximum Gasteiger partial charge on any atom is 0.335 e. The number of carboxylic acids is 1. The monoisotopic (exact) mass is 339 g/mol. The van der Waals surface area contributed by atoms with Crippen LogP contribution in [0.4, 0.5) is 5.69 Å². The van der Waals surface area contributed by atoms with E-state index in [1.807, 2.05) is 0 Å². The Labute approximate surface area is 141 Å². The second kappa shape index (κ2) is 7.21. The first-order valence-corrected chi connectivity index (χ1v) is 7.21. The highest BCUT2D eigenvalue weighted by Gasteiger charge is 2.08. The van der Waals surface area contributed by atoms with Gasteiger partial charge in [-0.15, -0.1) is 5.10 Å². The number of tetrazole rings is 1. The summed E-state index contributed by atoms with van der Waals surface area (Å²) in [6.45, 7) is -0.226. The SMILES string of the molecule is O=C(COc1cccc(-n2cnnn2)c1)Nc1cccc(C(=O)O)c1. The van der Waals surface area contributed by atoms with Gasteiger partial charge in [0.2, 0.25) is 0 Å². The molecule has 3 rings (SSSR count). The molecule has 0 fully saturated rings. The van der Waals surface area contributed by atoms with Crippen LogP contribution in [0.25, 0.3) is 5.69 Å². The minimum atomic E-state index is -1.06. The molecule has 3 aromatic rings. The molecule has 0 aliphatic carbocycles. The van der Waals surface area contributed by atoms with Crippen LogP contribution >= 0.6 is 0 Å². The number of hydrogen-bond acceptors (Lipinski definition) is 6. The highest BCUT2D eigenvalue weighted by Crippen LogP contribution is 2.16. The molecule has 1 aromatic heterocycles. The van der Waals surface area contributed by atoms with Crippen LogP contribution in [0.2, 0.25) is 0 Å². The van der Waals surface area contributed by atoms with E-state index >= 15 is 0 Å². The summed E-state index contributed by atoms with van der Waals surface area (Å²) in [7, 11) is 0. The fraction of sp³-hybridized carbons (Fsp3) is 0.0625. The van der Waals surface area contributed by atoms with Gasteiger partial charge in [-0.3, -0.25) is 4.79 Å². The van der Waals surface area contributed by atoms with E-state index in [-0.39, 0.29) is 12.2 Å². The van der Waals surface area contributed by atoms with Gasteiger partial charge in [-0.2, -0.15) is 0 Å². The van der Waals surface area contributed by atoms with E-state index < -0.39 is 11.9 Å². The summed E-state index contributed by atoms with van der Waals surface area (Å²) >= 11 is 0. The lowest BCUT2D eigenvalue weighted by atomic mass is 10.2. The number of nitrogens with zero attached hydrogens (tertiary/aromatic N) is 4. The molecular weight excluding hydrogens is 326 g/mol. The normalized spacial score (nSPS) is 10.2. The van der Waals surface area contributed by atoms with E-state index in [4.69, 9.17) is 9.84 Å². The average molecular weight is 339 g/mol. The highest BCUT2D eigenvalue weighted by molar-refractivity contribution is 5.94. The van der Waals surface area contributed by atoms with Crippen LogP contribution in [0, 0.1) is 0 Å². The van der Waals surface area contributed by atoms with E-state index in [2.05, 4.69) is 20.8 Å². The number of amides is 1. The number of anilines is 1. The van der Waals surface area contributed by atoms with Crippen molar-refractivity contribution in [2.45, 2.75) is 0 Å². The van der Waals surface area contributed by atoms with Crippen molar-refractivity contribution < 1.29 is 19.4 Å². The molecule has 0 radical (unpaired) electrons. The molecule has 25 heavy (non-hydrogen) atoms. The molecule has 126 valence electrons. The minimum absolute atomic E-state index is 0.0906. The molecule has 1 heterocycles. The predicted octanol–water partition coefficient (Wildman–Crippen LogP) is 1.38. The lowest BCUT2D eigenvalue weighted by molar-refractivity contribution is -0.118. The molecule has 0 saturated carbocycles. The zero-order chi connectivity index (χ0) is 17.6. The van der Waals surface area contributed by atoms with Crippen molar-refractivity contribution in [1.29, 1.82) is 0 Å². The van der Waals surface area contributed by atoms with Gasteiger partial charge in [-0.25, -0.2) is 9.48 Å². The molecule has 2 aromatic carbocycles. The van der Waals surface area contributed by atoms with Crippen molar-refractivity contribution in [3.8, 4) is 11.4 Å². The number of nitrogens with one attached hydrogen (secondary N) is 1. The maximum atomic E-state index is 12.0. The van der Waals surface area contributed by atoms with Crippen LogP contribution < -0.4 is 10.1 Å². The standard InChI is InChI=1S/C16H13N5O4/c22-15(18-12-4-1-3-11(7-12)16(23)24)9-25-14-6-2-5-13(8-14)21-10-17-19-20-21/h1-8,10H,9H2,(H,18,22)(H,23,24). The molecule has 0 aliphatic rings. The number of carbonyl (C=O) groups excluding carboxylic acids is 1. The van der Waals surface area contributed by atoms with Crippen molar-refractivity contribution in [2.75, 3.05) is 11.9 Å². The summed E-state index contributed by atoms with van der Waals surface area (Å²) in [5.41, 5.74) is 1.17. The van der Waals surface area contributed by atoms with Crippen molar-refractivity contribution in [3.05, 3.63) is 60.4 Å². The third kappa shape index (κ3) is 4.16. The fourth-order valence-corrected chi connectivity index (χ4v) is 2.07. The molecule has 0 aliphatic heterocycles. The summed E-state index contributed by atoms with van der Waals surface area (Å²) in [6, 6.07) is 12.9. The number of benzene rings is 2. The summed E-state index contributed by atoms with van der Waals surface area (Å²) in [5.74, 6) is -0.996. The Morgan fingerprint density at radius 1 is 1.16 bits per heavy atom. The van der Waals surface area contributed by atoms with Gasteiger partial charge >= 0.3 is 5.97 Å². The number of aromatic nitrogens is 4. The van der Waals surface area contributed by atoms with Gasteiger partial charge in [0.05, 0.1) is 11.3 Å². The predicted molar refractivity (Wildman–Crippen MR) is 86.7 cm³/mol. The van der Waals surface area contributed by atoms with Crippen molar-refractivity contribution >= 4 is 17.6 Å². The third-order valence-corrected chi connectivity index (χ3v) is 3.19. The maximum absolute atomic E-state index is 12.0. The van der Waals surface area contributed by atoms with Crippen LogP contribution in [0.15, 0.2) is 54.9 Å². The molecule has 9 nitrogen and oxygen atoms in total. The van der Waals surface area contributed by atoms with E-state index in [0.29, 0.717) is 17.1 Å². The number of ether oxygens (including phenoxy) is 1. The molecule has 0 saturated heterocycles. The first-order valence-electron chi connectivity index (χ1n) is 7.21. The van der Waals surface area contributed by atoms with E-state index in [0.717, 1.165) is 0 Å². The Balaban J connectivity index is 1.60. The Morgan fingerprint density at radius 2 is 2.00 bits per heavy atom. The van der Waals surface area contributed by atoms with Crippen molar-refractivity contribution in [1.82, 2.24) is 20.2 Å². The number of aromatic carboxylic acids is 1. The van der Waals surface area contributed by atoms with Crippen LogP contribution in [-0.4, -0.2) is 43.8 Å². The summed E-state index contributed by atoms with van der Waals surface area (Å²) in [5, 5.41) is 22.4. The van der Waals surface area contributed by atoms with E-state index in [1.165, 1.54) is 23.1 Å². The second-order valence-corrected chi connectivity index (χ2v) is 4.97. The third-order valence-electron chi connectivity index (χ3n) is 3.19. The van der Waals surface area contributed by atoms with Gasteiger partial charge in [0.1, 0.15) is 12.1 Å².